The summed E-state index contributed by atoms with van der Waals surface area (Å²) in [6.07, 6.45) is 2.15. The number of carbonyl (C=O) groups is 2. The Kier molecular flexibility index (Phi) is 4.13. The Morgan fingerprint density at radius 1 is 1.29 bits per heavy atom. The van der Waals surface area contributed by atoms with Crippen LogP contribution in [0.15, 0.2) is 36.7 Å². The summed E-state index contributed by atoms with van der Waals surface area (Å²) in [4.78, 5) is 26.7. The van der Waals surface area contributed by atoms with Gasteiger partial charge in [-0.3, -0.25) is 9.78 Å². The molecule has 0 bridgehead atoms. The van der Waals surface area contributed by atoms with E-state index in [0.717, 1.165) is 12.3 Å². The molecule has 7 heteroatoms. The fraction of sp³-hybridized carbons (Fsp3) is 0.0714. The molecule has 0 radical (unpaired) electrons. The number of nitrogens with one attached hydrogen (secondary N) is 1. The van der Waals surface area contributed by atoms with Crippen LogP contribution < -0.4 is 10.1 Å². The first-order valence-electron chi connectivity index (χ1n) is 5.84. The number of carbonyl (C=O) groups excluding carboxylic acids is 1. The first kappa shape index (κ1) is 14.4. The van der Waals surface area contributed by atoms with Crippen molar-refractivity contribution in [2.45, 2.75) is 0 Å². The molecule has 108 valence electrons. The average Bonchev–Trinajstić information content (AvgIpc) is 2.47. The molecular formula is C14H11FN2O4. The van der Waals surface area contributed by atoms with Gasteiger partial charge in [-0.15, -0.1) is 0 Å². The van der Waals surface area contributed by atoms with Crippen LogP contribution in [0.5, 0.6) is 5.75 Å². The number of hydrogen-bond donors (Lipinski definition) is 2. The summed E-state index contributed by atoms with van der Waals surface area (Å²) < 4.78 is 17.9. The van der Waals surface area contributed by atoms with Crippen LogP contribution in [0.1, 0.15) is 20.7 Å². The van der Waals surface area contributed by atoms with Gasteiger partial charge in [-0.25, -0.2) is 9.18 Å². The first-order chi connectivity index (χ1) is 10.0. The van der Waals surface area contributed by atoms with Crippen molar-refractivity contribution in [1.29, 1.82) is 0 Å². The standard InChI is InChI=1S/C14H11FN2O4/c1-21-10-2-3-12(11(5-10)14(19)20)17-13(18)8-4-9(15)7-16-6-8/h2-7H,1H3,(H,17,18)(H,19,20). The van der Waals surface area contributed by atoms with Gasteiger partial charge in [0.15, 0.2) is 0 Å². The van der Waals surface area contributed by atoms with Gasteiger partial charge in [-0.1, -0.05) is 0 Å². The Labute approximate surface area is 119 Å². The number of amides is 1. The zero-order valence-electron chi connectivity index (χ0n) is 11.0. The normalized spacial score (nSPS) is 10.0. The molecule has 0 aliphatic rings. The van der Waals surface area contributed by atoms with Gasteiger partial charge in [-0.2, -0.15) is 0 Å². The van der Waals surface area contributed by atoms with E-state index in [4.69, 9.17) is 9.84 Å². The Morgan fingerprint density at radius 2 is 2.05 bits per heavy atom. The smallest absolute Gasteiger partial charge is 0.337 e. The second-order valence-electron chi connectivity index (χ2n) is 4.06. The summed E-state index contributed by atoms with van der Waals surface area (Å²) in [5.41, 5.74) is -0.0632. The summed E-state index contributed by atoms with van der Waals surface area (Å²) in [5, 5.41) is 11.5. The van der Waals surface area contributed by atoms with E-state index in [9.17, 15) is 14.0 Å². The number of halogens is 1. The molecule has 0 aliphatic carbocycles. The summed E-state index contributed by atoms with van der Waals surface area (Å²) in [6.45, 7) is 0. The highest BCUT2D eigenvalue weighted by Crippen LogP contribution is 2.22. The van der Waals surface area contributed by atoms with Gasteiger partial charge in [-0.05, 0) is 24.3 Å². The van der Waals surface area contributed by atoms with Crippen molar-refractivity contribution in [3.8, 4) is 5.75 Å². The number of aromatic nitrogens is 1. The van der Waals surface area contributed by atoms with Crippen molar-refractivity contribution in [2.75, 3.05) is 12.4 Å². The third-order valence-corrected chi connectivity index (χ3v) is 2.67. The lowest BCUT2D eigenvalue weighted by Crippen LogP contribution is -2.15. The number of pyridine rings is 1. The molecule has 1 amide bonds. The molecule has 0 unspecified atom stereocenters. The lowest BCUT2D eigenvalue weighted by molar-refractivity contribution is 0.0697. The van der Waals surface area contributed by atoms with Gasteiger partial charge in [0.2, 0.25) is 0 Å². The quantitative estimate of drug-likeness (QED) is 0.901. The molecular weight excluding hydrogens is 279 g/mol. The lowest BCUT2D eigenvalue weighted by Gasteiger charge is -2.10. The molecule has 6 nitrogen and oxygen atoms in total. The predicted molar refractivity (Wildman–Crippen MR) is 72.1 cm³/mol. The van der Waals surface area contributed by atoms with Gasteiger partial charge < -0.3 is 15.2 Å². The van der Waals surface area contributed by atoms with Gasteiger partial charge in [0.25, 0.3) is 5.91 Å². The highest BCUT2D eigenvalue weighted by atomic mass is 19.1. The third-order valence-electron chi connectivity index (χ3n) is 2.67. The van der Waals surface area contributed by atoms with E-state index < -0.39 is 17.7 Å². The number of carboxylic acid groups (broad SMARTS) is 1. The molecule has 2 aromatic rings. The fourth-order valence-electron chi connectivity index (χ4n) is 1.67. The molecule has 2 rings (SSSR count). The van der Waals surface area contributed by atoms with Crippen LogP contribution in [0.2, 0.25) is 0 Å². The predicted octanol–water partition coefficient (Wildman–Crippen LogP) is 2.18. The van der Waals surface area contributed by atoms with Crippen molar-refractivity contribution in [2.24, 2.45) is 0 Å². The number of ether oxygens (including phenoxy) is 1. The largest absolute Gasteiger partial charge is 0.497 e. The van der Waals surface area contributed by atoms with Crippen LogP contribution in [0.4, 0.5) is 10.1 Å². The number of methoxy groups -OCH3 is 1. The maximum absolute atomic E-state index is 13.0. The number of nitrogens with zero attached hydrogens (tertiary/aromatic N) is 1. The fourth-order valence-corrected chi connectivity index (χ4v) is 1.67. The molecule has 0 saturated carbocycles. The Hall–Kier alpha value is -2.96. The lowest BCUT2D eigenvalue weighted by atomic mass is 10.1. The van der Waals surface area contributed by atoms with Gasteiger partial charge >= 0.3 is 5.97 Å². The molecule has 0 atom stereocenters. The summed E-state index contributed by atoms with van der Waals surface area (Å²) in [5.74, 6) is -2.19. The number of carboxylic acids is 1. The topological polar surface area (TPSA) is 88.5 Å². The minimum Gasteiger partial charge on any atom is -0.497 e. The second-order valence-corrected chi connectivity index (χ2v) is 4.06. The second kappa shape index (κ2) is 6.00. The summed E-state index contributed by atoms with van der Waals surface area (Å²) >= 11 is 0. The van der Waals surface area contributed by atoms with Gasteiger partial charge in [0.1, 0.15) is 11.6 Å². The van der Waals surface area contributed by atoms with E-state index in [-0.39, 0.29) is 16.8 Å². The zero-order valence-corrected chi connectivity index (χ0v) is 11.0. The van der Waals surface area contributed by atoms with Crippen molar-refractivity contribution >= 4 is 17.6 Å². The average molecular weight is 290 g/mol. The maximum atomic E-state index is 13.0. The molecule has 21 heavy (non-hydrogen) atoms. The molecule has 0 saturated heterocycles. The first-order valence-corrected chi connectivity index (χ1v) is 5.84. The van der Waals surface area contributed by atoms with E-state index in [1.807, 2.05) is 0 Å². The summed E-state index contributed by atoms with van der Waals surface area (Å²) in [7, 11) is 1.40. The highest BCUT2D eigenvalue weighted by Gasteiger charge is 2.15. The van der Waals surface area contributed by atoms with E-state index in [0.29, 0.717) is 5.75 Å². The summed E-state index contributed by atoms with van der Waals surface area (Å²) in [6, 6.07) is 5.19. The SMILES string of the molecule is COc1ccc(NC(=O)c2cncc(F)c2)c(C(=O)O)c1. The van der Waals surface area contributed by atoms with Crippen molar-refractivity contribution in [1.82, 2.24) is 4.98 Å². The van der Waals surface area contributed by atoms with Crippen molar-refractivity contribution in [3.05, 3.63) is 53.6 Å². The van der Waals surface area contributed by atoms with Crippen LogP contribution >= 0.6 is 0 Å². The number of rotatable bonds is 4. The van der Waals surface area contributed by atoms with E-state index in [1.54, 1.807) is 0 Å². The van der Waals surface area contributed by atoms with E-state index >= 15 is 0 Å². The number of hydrogen-bond acceptors (Lipinski definition) is 4. The van der Waals surface area contributed by atoms with E-state index in [2.05, 4.69) is 10.3 Å². The van der Waals surface area contributed by atoms with Gasteiger partial charge in [0, 0.05) is 6.20 Å². The molecule has 2 N–H and O–H groups in total. The number of benzene rings is 1. The molecule has 1 heterocycles. The van der Waals surface area contributed by atoms with Crippen LogP contribution in [0.25, 0.3) is 0 Å². The minimum atomic E-state index is -1.22. The molecule has 1 aromatic heterocycles. The van der Waals surface area contributed by atoms with Crippen LogP contribution in [0.3, 0.4) is 0 Å². The molecule has 1 aromatic carbocycles. The number of aromatic carboxylic acids is 1. The highest BCUT2D eigenvalue weighted by molar-refractivity contribution is 6.07. The Morgan fingerprint density at radius 3 is 2.67 bits per heavy atom. The monoisotopic (exact) mass is 290 g/mol. The van der Waals surface area contributed by atoms with Gasteiger partial charge in [0.05, 0.1) is 30.1 Å². The maximum Gasteiger partial charge on any atom is 0.337 e. The third kappa shape index (κ3) is 3.33. The van der Waals surface area contributed by atoms with Crippen LogP contribution in [0, 0.1) is 5.82 Å². The van der Waals surface area contributed by atoms with E-state index in [1.165, 1.54) is 31.5 Å². The van der Waals surface area contributed by atoms with Crippen LogP contribution in [-0.4, -0.2) is 29.1 Å². The van der Waals surface area contributed by atoms with Crippen LogP contribution in [-0.2, 0) is 0 Å². The molecule has 0 aliphatic heterocycles. The molecule has 0 fully saturated rings. The Balaban J connectivity index is 2.31. The van der Waals surface area contributed by atoms with Crippen molar-refractivity contribution < 1.29 is 23.8 Å². The molecule has 0 spiro atoms. The zero-order chi connectivity index (χ0) is 15.4. The Bertz CT molecular complexity index is 703. The van der Waals surface area contributed by atoms with Crippen molar-refractivity contribution in [3.63, 3.8) is 0 Å². The number of anilines is 1. The minimum absolute atomic E-state index is 0.0119.